The van der Waals surface area contributed by atoms with Crippen LogP contribution in [-0.2, 0) is 0 Å². The number of hydrogen-bond donors (Lipinski definition) is 2. The van der Waals surface area contributed by atoms with E-state index in [9.17, 15) is 10.2 Å². The van der Waals surface area contributed by atoms with Gasteiger partial charge in [0, 0.05) is 6.61 Å². The van der Waals surface area contributed by atoms with Gasteiger partial charge in [-0.05, 0) is 122 Å². The number of aliphatic hydroxyl groups is 2. The maximum absolute atomic E-state index is 10.6. The van der Waals surface area contributed by atoms with Crippen LogP contribution in [0.3, 0.4) is 0 Å². The Bertz CT molecular complexity index is 674. The van der Waals surface area contributed by atoms with Gasteiger partial charge in [0.05, 0.1) is 6.10 Å². The number of allylic oxidation sites excluding steroid dienone is 1. The Labute approximate surface area is 192 Å². The molecule has 5 aliphatic carbocycles. The van der Waals surface area contributed by atoms with Gasteiger partial charge in [-0.2, -0.15) is 0 Å². The van der Waals surface area contributed by atoms with E-state index in [2.05, 4.69) is 34.3 Å². The van der Waals surface area contributed by atoms with Crippen molar-refractivity contribution < 1.29 is 10.2 Å². The fourth-order valence-electron chi connectivity index (χ4n) is 10.6. The first-order chi connectivity index (χ1) is 14.6. The third-order valence-electron chi connectivity index (χ3n) is 12.4. The van der Waals surface area contributed by atoms with Gasteiger partial charge in [0.25, 0.3) is 0 Å². The highest BCUT2D eigenvalue weighted by molar-refractivity contribution is 5.17. The summed E-state index contributed by atoms with van der Waals surface area (Å²) in [5.41, 5.74) is 1.56. The van der Waals surface area contributed by atoms with E-state index < -0.39 is 0 Å². The number of rotatable bonds is 1. The summed E-state index contributed by atoms with van der Waals surface area (Å²) >= 11 is 0. The second-order valence-electron chi connectivity index (χ2n) is 13.1. The van der Waals surface area contributed by atoms with Crippen LogP contribution in [0.15, 0.2) is 12.7 Å². The van der Waals surface area contributed by atoms with Gasteiger partial charge in [0.1, 0.15) is 0 Å². The van der Waals surface area contributed by atoms with Crippen molar-refractivity contribution in [2.24, 2.45) is 51.2 Å². The lowest BCUT2D eigenvalue weighted by Crippen LogP contribution is -2.65. The monoisotopic (exact) mass is 430 g/mol. The van der Waals surface area contributed by atoms with Crippen molar-refractivity contribution in [3.8, 4) is 0 Å². The van der Waals surface area contributed by atoms with Crippen molar-refractivity contribution in [2.45, 2.75) is 111 Å². The molecular formula is C29H50O2. The largest absolute Gasteiger partial charge is 0.396 e. The van der Waals surface area contributed by atoms with Gasteiger partial charge in [-0.1, -0.05) is 40.2 Å². The predicted molar refractivity (Wildman–Crippen MR) is 130 cm³/mol. The molecule has 0 heterocycles. The van der Waals surface area contributed by atoms with Crippen LogP contribution in [0.25, 0.3) is 0 Å². The second kappa shape index (κ2) is 8.15. The summed E-state index contributed by atoms with van der Waals surface area (Å²) in [5.74, 6) is 3.59. The summed E-state index contributed by atoms with van der Waals surface area (Å²) in [6, 6.07) is 0. The summed E-state index contributed by atoms with van der Waals surface area (Å²) < 4.78 is 0. The Hall–Kier alpha value is -0.340. The summed E-state index contributed by atoms with van der Waals surface area (Å²) in [6.45, 7) is 16.0. The van der Waals surface area contributed by atoms with Gasteiger partial charge in [0.2, 0.25) is 0 Å². The number of hydrogen-bond acceptors (Lipinski definition) is 2. The maximum atomic E-state index is 10.6. The van der Waals surface area contributed by atoms with Crippen LogP contribution in [-0.4, -0.2) is 22.9 Å². The molecule has 2 heteroatoms. The molecule has 0 aliphatic heterocycles. The molecule has 178 valence electrons. The Morgan fingerprint density at radius 3 is 2.23 bits per heavy atom. The molecule has 0 radical (unpaired) electrons. The van der Waals surface area contributed by atoms with Gasteiger partial charge in [-0.3, -0.25) is 0 Å². The molecular weight excluding hydrogens is 380 g/mol. The topological polar surface area (TPSA) is 40.5 Å². The Balaban J connectivity index is 0.000000730. The van der Waals surface area contributed by atoms with E-state index in [1.807, 2.05) is 6.92 Å². The van der Waals surface area contributed by atoms with E-state index in [0.29, 0.717) is 34.7 Å². The van der Waals surface area contributed by atoms with E-state index in [1.165, 1.54) is 64.2 Å². The van der Waals surface area contributed by atoms with Crippen molar-refractivity contribution in [1.29, 1.82) is 0 Å². The minimum absolute atomic E-state index is 0.0762. The van der Waals surface area contributed by atoms with Crippen LogP contribution in [0.1, 0.15) is 105 Å². The highest BCUT2D eigenvalue weighted by Crippen LogP contribution is 2.75. The average molecular weight is 431 g/mol. The zero-order valence-electron chi connectivity index (χ0n) is 21.1. The standard InChI is InChI=1S/C26H44O2.C3H6/c1-17-18-9-13-25(4)22(23(18,2)12-10-21(17)28)8-7-19-20-6-5-11-26(20,16-27)15-14-24(19,25)3;1-3-2/h17-22,27-28H,5-16H2,1-4H3;3H,1H2,2H3/t17?,18?,19?,20?,21?,22?,23?,24-,25?,26?;/m1./s1. The third-order valence-corrected chi connectivity index (χ3v) is 12.4. The molecule has 0 spiro atoms. The second-order valence-corrected chi connectivity index (χ2v) is 13.1. The minimum atomic E-state index is -0.0762. The normalized spacial score (nSPS) is 55.6. The zero-order valence-corrected chi connectivity index (χ0v) is 21.1. The summed E-state index contributed by atoms with van der Waals surface area (Å²) in [5, 5.41) is 20.9. The first-order valence-corrected chi connectivity index (χ1v) is 13.5. The predicted octanol–water partition coefficient (Wildman–Crippen LogP) is 7.00. The Morgan fingerprint density at radius 1 is 0.839 bits per heavy atom. The fourth-order valence-corrected chi connectivity index (χ4v) is 10.6. The van der Waals surface area contributed by atoms with Crippen LogP contribution >= 0.6 is 0 Å². The van der Waals surface area contributed by atoms with Gasteiger partial charge in [-0.25, -0.2) is 0 Å². The molecule has 2 nitrogen and oxygen atoms in total. The van der Waals surface area contributed by atoms with Crippen molar-refractivity contribution in [2.75, 3.05) is 6.61 Å². The Morgan fingerprint density at radius 2 is 1.55 bits per heavy atom. The van der Waals surface area contributed by atoms with Gasteiger partial charge < -0.3 is 10.2 Å². The van der Waals surface area contributed by atoms with Crippen molar-refractivity contribution in [3.63, 3.8) is 0 Å². The molecule has 5 saturated carbocycles. The molecule has 5 aliphatic rings. The van der Waals surface area contributed by atoms with Crippen LogP contribution in [0.5, 0.6) is 0 Å². The first-order valence-electron chi connectivity index (χ1n) is 13.5. The van der Waals surface area contributed by atoms with Gasteiger partial charge >= 0.3 is 0 Å². The molecule has 5 fully saturated rings. The van der Waals surface area contributed by atoms with Crippen LogP contribution in [0.4, 0.5) is 0 Å². The molecule has 0 saturated heterocycles. The van der Waals surface area contributed by atoms with Crippen molar-refractivity contribution >= 4 is 0 Å². The third kappa shape index (κ3) is 3.17. The van der Waals surface area contributed by atoms with E-state index in [4.69, 9.17) is 0 Å². The molecule has 10 atom stereocenters. The lowest BCUT2D eigenvalue weighted by Gasteiger charge is -2.71. The first kappa shape index (κ1) is 23.8. The molecule has 0 amide bonds. The lowest BCUT2D eigenvalue weighted by molar-refractivity contribution is -0.235. The van der Waals surface area contributed by atoms with Gasteiger partial charge in [0.15, 0.2) is 0 Å². The smallest absolute Gasteiger partial charge is 0.0568 e. The lowest BCUT2D eigenvalue weighted by atomic mass is 9.33. The van der Waals surface area contributed by atoms with E-state index >= 15 is 0 Å². The van der Waals surface area contributed by atoms with Crippen LogP contribution in [0, 0.1) is 51.2 Å². The highest BCUT2D eigenvalue weighted by atomic mass is 16.3. The molecule has 0 aromatic rings. The zero-order chi connectivity index (χ0) is 22.7. The highest BCUT2D eigenvalue weighted by Gasteiger charge is 2.68. The van der Waals surface area contributed by atoms with E-state index in [1.54, 1.807) is 6.08 Å². The molecule has 2 N–H and O–H groups in total. The van der Waals surface area contributed by atoms with E-state index in [0.717, 1.165) is 24.2 Å². The molecule has 0 aromatic heterocycles. The Kier molecular flexibility index (Phi) is 6.26. The van der Waals surface area contributed by atoms with Crippen molar-refractivity contribution in [3.05, 3.63) is 12.7 Å². The maximum Gasteiger partial charge on any atom is 0.0568 e. The number of fused-ring (bicyclic) bond motifs is 7. The molecule has 31 heavy (non-hydrogen) atoms. The quantitative estimate of drug-likeness (QED) is 0.440. The molecule has 9 unspecified atom stereocenters. The molecule has 5 rings (SSSR count). The molecule has 0 aromatic carbocycles. The van der Waals surface area contributed by atoms with Crippen LogP contribution in [0.2, 0.25) is 0 Å². The fraction of sp³-hybridized carbons (Fsp3) is 0.931. The van der Waals surface area contributed by atoms with Crippen molar-refractivity contribution in [1.82, 2.24) is 0 Å². The molecule has 0 bridgehead atoms. The summed E-state index contributed by atoms with van der Waals surface area (Å²) in [6.07, 6.45) is 16.0. The summed E-state index contributed by atoms with van der Waals surface area (Å²) in [7, 11) is 0. The SMILES string of the molecule is C=CC.CC1C(O)CCC2(C)C1CCC1(C)C2CCC2C3CCCC3(CO)CC[C@]21C. The minimum Gasteiger partial charge on any atom is -0.396 e. The van der Waals surface area contributed by atoms with Crippen LogP contribution < -0.4 is 0 Å². The van der Waals surface area contributed by atoms with E-state index in [-0.39, 0.29) is 11.5 Å². The van der Waals surface area contributed by atoms with Gasteiger partial charge in [-0.15, -0.1) is 6.58 Å². The summed E-state index contributed by atoms with van der Waals surface area (Å²) in [4.78, 5) is 0. The average Bonchev–Trinajstić information content (AvgIpc) is 3.17. The number of aliphatic hydroxyl groups excluding tert-OH is 2.